The number of fused-ring (bicyclic) bond motifs is 1. The van der Waals surface area contributed by atoms with Gasteiger partial charge < -0.3 is 16.0 Å². The Bertz CT molecular complexity index is 1660. The van der Waals surface area contributed by atoms with Gasteiger partial charge in [-0.15, -0.1) is 0 Å². The maximum atomic E-state index is 13.6. The van der Waals surface area contributed by atoms with Crippen molar-refractivity contribution in [2.45, 2.75) is 6.18 Å². The SMILES string of the molecule is CN1CC(=O)N(c2ccc(-c3cc4c(C(=O)Nc5cccc(C(N)=O)c5)nc(C(F)(F)F)cn4n3)cc2)C1=O. The van der Waals surface area contributed by atoms with Crippen molar-refractivity contribution in [3.05, 3.63) is 77.7 Å². The molecule has 0 atom stereocenters. The maximum absolute atomic E-state index is 13.6. The predicted octanol–water partition coefficient (Wildman–Crippen LogP) is 3.16. The number of amides is 5. The van der Waals surface area contributed by atoms with Crippen molar-refractivity contribution >= 4 is 40.6 Å². The van der Waals surface area contributed by atoms with Crippen molar-refractivity contribution in [1.29, 1.82) is 0 Å². The van der Waals surface area contributed by atoms with Crippen LogP contribution in [0.2, 0.25) is 0 Å². The summed E-state index contributed by atoms with van der Waals surface area (Å²) in [5.41, 5.74) is 4.54. The molecule has 0 bridgehead atoms. The second-order valence-corrected chi connectivity index (χ2v) is 8.65. The summed E-state index contributed by atoms with van der Waals surface area (Å²) >= 11 is 0. The maximum Gasteiger partial charge on any atom is 0.434 e. The van der Waals surface area contributed by atoms with Crippen LogP contribution in [-0.2, 0) is 11.0 Å². The second-order valence-electron chi connectivity index (χ2n) is 8.65. The number of imide groups is 1. The molecule has 3 heterocycles. The van der Waals surface area contributed by atoms with Crippen molar-refractivity contribution in [2.75, 3.05) is 23.8 Å². The van der Waals surface area contributed by atoms with E-state index in [4.69, 9.17) is 5.73 Å². The summed E-state index contributed by atoms with van der Waals surface area (Å²) in [6.45, 7) is -0.0563. The number of rotatable bonds is 5. The number of aromatic nitrogens is 3. The fourth-order valence-corrected chi connectivity index (χ4v) is 4.03. The summed E-state index contributed by atoms with van der Waals surface area (Å²) in [5, 5.41) is 6.63. The van der Waals surface area contributed by atoms with E-state index in [2.05, 4.69) is 15.4 Å². The first-order valence-electron chi connectivity index (χ1n) is 11.3. The zero-order valence-electron chi connectivity index (χ0n) is 20.1. The summed E-state index contributed by atoms with van der Waals surface area (Å²) < 4.78 is 41.7. The third kappa shape index (κ3) is 4.74. The number of nitrogens with one attached hydrogen (secondary N) is 1. The minimum Gasteiger partial charge on any atom is -0.366 e. The van der Waals surface area contributed by atoms with Crippen LogP contribution >= 0.6 is 0 Å². The van der Waals surface area contributed by atoms with E-state index in [1.807, 2.05) is 0 Å². The van der Waals surface area contributed by atoms with E-state index in [1.165, 1.54) is 54.4 Å². The van der Waals surface area contributed by atoms with Gasteiger partial charge in [-0.1, -0.05) is 18.2 Å². The second kappa shape index (κ2) is 9.24. The first kappa shape index (κ1) is 25.4. The van der Waals surface area contributed by atoms with Gasteiger partial charge in [-0.2, -0.15) is 18.3 Å². The predicted molar refractivity (Wildman–Crippen MR) is 132 cm³/mol. The van der Waals surface area contributed by atoms with Crippen LogP contribution in [-0.4, -0.2) is 56.8 Å². The number of primary amides is 1. The fourth-order valence-electron chi connectivity index (χ4n) is 4.03. The van der Waals surface area contributed by atoms with Crippen LogP contribution in [0.15, 0.2) is 60.8 Å². The Hall–Kier alpha value is -5.27. The fraction of sp³-hybridized carbons (Fsp3) is 0.120. The molecule has 11 nitrogen and oxygen atoms in total. The smallest absolute Gasteiger partial charge is 0.366 e. The highest BCUT2D eigenvalue weighted by Gasteiger charge is 2.36. The first-order valence-corrected chi connectivity index (χ1v) is 11.3. The molecule has 5 amide bonds. The Morgan fingerprint density at radius 2 is 1.77 bits per heavy atom. The van der Waals surface area contributed by atoms with Gasteiger partial charge in [0.1, 0.15) is 6.54 Å². The molecule has 1 saturated heterocycles. The van der Waals surface area contributed by atoms with Gasteiger partial charge in [-0.25, -0.2) is 19.2 Å². The highest BCUT2D eigenvalue weighted by atomic mass is 19.4. The summed E-state index contributed by atoms with van der Waals surface area (Å²) in [5.74, 6) is -2.11. The molecule has 198 valence electrons. The van der Waals surface area contributed by atoms with Gasteiger partial charge in [-0.05, 0) is 36.4 Å². The van der Waals surface area contributed by atoms with Gasteiger partial charge in [0.15, 0.2) is 11.4 Å². The summed E-state index contributed by atoms with van der Waals surface area (Å²) in [7, 11) is 1.50. The number of carbonyl (C=O) groups excluding carboxylic acids is 4. The molecule has 1 aliphatic rings. The normalized spacial score (nSPS) is 13.8. The minimum absolute atomic E-state index is 0.0165. The Morgan fingerprint density at radius 3 is 2.38 bits per heavy atom. The lowest BCUT2D eigenvalue weighted by atomic mass is 10.1. The highest BCUT2D eigenvalue weighted by Crippen LogP contribution is 2.31. The zero-order valence-corrected chi connectivity index (χ0v) is 20.1. The van der Waals surface area contributed by atoms with Gasteiger partial charge in [0.2, 0.25) is 5.91 Å². The topological polar surface area (TPSA) is 143 Å². The number of nitrogens with zero attached hydrogens (tertiary/aromatic N) is 5. The standard InChI is InChI=1S/C25H18F3N7O4/c1-33-12-20(36)35(24(33)39)16-7-5-13(6-8-16)17-10-18-21(31-19(25(26,27)28)11-34(18)32-17)23(38)30-15-4-2-3-14(9-15)22(29)37/h2-11H,12H2,1H3,(H2,29,37)(H,30,38). The van der Waals surface area contributed by atoms with Crippen LogP contribution in [0.5, 0.6) is 0 Å². The van der Waals surface area contributed by atoms with Crippen LogP contribution in [0.25, 0.3) is 16.8 Å². The largest absolute Gasteiger partial charge is 0.434 e. The van der Waals surface area contributed by atoms with Crippen molar-refractivity contribution in [2.24, 2.45) is 5.73 Å². The summed E-state index contributed by atoms with van der Waals surface area (Å²) in [4.78, 5) is 54.7. The van der Waals surface area contributed by atoms with E-state index in [0.717, 1.165) is 9.42 Å². The summed E-state index contributed by atoms with van der Waals surface area (Å²) in [6, 6.07) is 12.6. The number of hydrogen-bond donors (Lipinski definition) is 2. The molecule has 0 unspecified atom stereocenters. The molecular formula is C25H18F3N7O4. The third-order valence-corrected chi connectivity index (χ3v) is 5.93. The average molecular weight is 537 g/mol. The number of benzene rings is 2. The number of carbonyl (C=O) groups is 4. The quantitative estimate of drug-likeness (QED) is 0.375. The number of anilines is 2. The van der Waals surface area contributed by atoms with Crippen molar-refractivity contribution < 1.29 is 32.3 Å². The molecule has 2 aromatic carbocycles. The molecule has 39 heavy (non-hydrogen) atoms. The van der Waals surface area contributed by atoms with E-state index >= 15 is 0 Å². The molecule has 0 aliphatic carbocycles. The molecule has 4 aromatic rings. The van der Waals surface area contributed by atoms with E-state index in [1.54, 1.807) is 12.1 Å². The molecule has 1 aliphatic heterocycles. The summed E-state index contributed by atoms with van der Waals surface area (Å²) in [6.07, 6.45) is -4.21. The van der Waals surface area contributed by atoms with E-state index in [9.17, 15) is 32.3 Å². The Labute approximate surface area is 217 Å². The Kier molecular flexibility index (Phi) is 6.01. The van der Waals surface area contributed by atoms with Gasteiger partial charge in [0.25, 0.3) is 11.8 Å². The van der Waals surface area contributed by atoms with Gasteiger partial charge in [0.05, 0.1) is 23.1 Å². The van der Waals surface area contributed by atoms with Crippen LogP contribution in [0.4, 0.5) is 29.3 Å². The third-order valence-electron chi connectivity index (χ3n) is 5.93. The minimum atomic E-state index is -4.87. The monoisotopic (exact) mass is 537 g/mol. The molecule has 5 rings (SSSR count). The van der Waals surface area contributed by atoms with Crippen LogP contribution in [0, 0.1) is 0 Å². The van der Waals surface area contributed by atoms with Crippen LogP contribution in [0.3, 0.4) is 0 Å². The Balaban J connectivity index is 1.52. The molecule has 0 radical (unpaired) electrons. The van der Waals surface area contributed by atoms with Crippen molar-refractivity contribution in [1.82, 2.24) is 19.5 Å². The van der Waals surface area contributed by atoms with Gasteiger partial charge in [0, 0.05) is 23.9 Å². The number of halogens is 3. The molecular weight excluding hydrogens is 519 g/mol. The number of urea groups is 1. The van der Waals surface area contributed by atoms with Crippen molar-refractivity contribution in [3.63, 3.8) is 0 Å². The lowest BCUT2D eigenvalue weighted by Gasteiger charge is -2.14. The first-order chi connectivity index (χ1) is 18.4. The molecule has 2 aromatic heterocycles. The molecule has 3 N–H and O–H groups in total. The molecule has 1 fully saturated rings. The number of nitrogens with two attached hydrogens (primary N) is 1. The lowest BCUT2D eigenvalue weighted by Crippen LogP contribution is -2.31. The van der Waals surface area contributed by atoms with E-state index < -0.39 is 41.3 Å². The number of hydrogen-bond acceptors (Lipinski definition) is 6. The molecule has 14 heteroatoms. The van der Waals surface area contributed by atoms with E-state index in [-0.39, 0.29) is 29.0 Å². The van der Waals surface area contributed by atoms with Gasteiger partial charge in [-0.3, -0.25) is 14.4 Å². The van der Waals surface area contributed by atoms with Crippen LogP contribution < -0.4 is 16.0 Å². The average Bonchev–Trinajstić information content (AvgIpc) is 3.43. The van der Waals surface area contributed by atoms with Crippen molar-refractivity contribution in [3.8, 4) is 11.3 Å². The zero-order chi connectivity index (χ0) is 28.1. The molecule has 0 saturated carbocycles. The highest BCUT2D eigenvalue weighted by molar-refractivity contribution is 6.19. The van der Waals surface area contributed by atoms with Crippen LogP contribution in [0.1, 0.15) is 26.5 Å². The molecule has 0 spiro atoms. The number of alkyl halides is 3. The number of likely N-dealkylation sites (N-methyl/N-ethyl adjacent to an activating group) is 1. The lowest BCUT2D eigenvalue weighted by molar-refractivity contribution is -0.141. The van der Waals surface area contributed by atoms with E-state index in [0.29, 0.717) is 17.4 Å². The van der Waals surface area contributed by atoms with Gasteiger partial charge >= 0.3 is 12.2 Å². The Morgan fingerprint density at radius 1 is 1.05 bits per heavy atom.